The molecule has 14 heavy (non-hydrogen) atoms. The summed E-state index contributed by atoms with van der Waals surface area (Å²) < 4.78 is 0. The van der Waals surface area contributed by atoms with Crippen LogP contribution in [0.3, 0.4) is 0 Å². The number of allylic oxidation sites excluding steroid dienone is 1. The highest BCUT2D eigenvalue weighted by Gasteiger charge is 2.50. The van der Waals surface area contributed by atoms with Crippen LogP contribution in [-0.2, 0) is 4.79 Å². The number of amides is 1. The Morgan fingerprint density at radius 3 is 2.64 bits per heavy atom. The second-order valence-corrected chi connectivity index (χ2v) is 4.91. The molecule has 0 spiro atoms. The molecule has 2 atom stereocenters. The second kappa shape index (κ2) is 3.09. The van der Waals surface area contributed by atoms with Gasteiger partial charge in [0.05, 0.1) is 0 Å². The number of likely N-dealkylation sites (tertiary alicyclic amines) is 1. The predicted molar refractivity (Wildman–Crippen MR) is 55.7 cm³/mol. The zero-order chi connectivity index (χ0) is 10.3. The average molecular weight is 194 g/mol. The van der Waals surface area contributed by atoms with Gasteiger partial charge in [0, 0.05) is 24.7 Å². The topological polar surface area (TPSA) is 46.3 Å². The molecule has 2 rings (SSSR count). The standard InChI is InChI=1S/C11H18N2O/c1-8(2)5-10(14)13-6-9-3-4-11(9,12)7-13/h5,9H,3-4,6-7,12H2,1-2H3. The van der Waals surface area contributed by atoms with Crippen molar-refractivity contribution in [3.63, 3.8) is 0 Å². The molecule has 2 unspecified atom stereocenters. The highest BCUT2D eigenvalue weighted by atomic mass is 16.2. The number of nitrogens with two attached hydrogens (primary N) is 1. The van der Waals surface area contributed by atoms with E-state index in [0.29, 0.717) is 5.92 Å². The fourth-order valence-electron chi connectivity index (χ4n) is 2.39. The van der Waals surface area contributed by atoms with Gasteiger partial charge in [-0.2, -0.15) is 0 Å². The molecular weight excluding hydrogens is 176 g/mol. The molecule has 1 aliphatic carbocycles. The molecule has 0 aromatic heterocycles. The number of hydrogen-bond acceptors (Lipinski definition) is 2. The Balaban J connectivity index is 2.02. The zero-order valence-corrected chi connectivity index (χ0v) is 8.92. The SMILES string of the molecule is CC(C)=CC(=O)N1CC2CCC2(N)C1. The molecule has 2 aliphatic rings. The maximum absolute atomic E-state index is 11.7. The Morgan fingerprint density at radius 2 is 2.29 bits per heavy atom. The average Bonchev–Trinajstić information content (AvgIpc) is 2.28. The molecule has 1 aliphatic heterocycles. The van der Waals surface area contributed by atoms with E-state index in [4.69, 9.17) is 5.73 Å². The van der Waals surface area contributed by atoms with Crippen LogP contribution in [0.25, 0.3) is 0 Å². The summed E-state index contributed by atoms with van der Waals surface area (Å²) >= 11 is 0. The molecule has 0 bridgehead atoms. The third kappa shape index (κ3) is 1.46. The van der Waals surface area contributed by atoms with E-state index in [1.54, 1.807) is 6.08 Å². The van der Waals surface area contributed by atoms with Crippen molar-refractivity contribution >= 4 is 5.91 Å². The van der Waals surface area contributed by atoms with E-state index < -0.39 is 0 Å². The Bertz CT molecular complexity index is 294. The first kappa shape index (κ1) is 9.71. The minimum absolute atomic E-state index is 0.0505. The van der Waals surface area contributed by atoms with E-state index in [-0.39, 0.29) is 11.4 Å². The summed E-state index contributed by atoms with van der Waals surface area (Å²) in [6, 6.07) is 0. The Labute approximate surface area is 84.9 Å². The summed E-state index contributed by atoms with van der Waals surface area (Å²) in [5.41, 5.74) is 7.16. The minimum Gasteiger partial charge on any atom is -0.337 e. The van der Waals surface area contributed by atoms with Crippen molar-refractivity contribution in [3.05, 3.63) is 11.6 Å². The van der Waals surface area contributed by atoms with Crippen LogP contribution < -0.4 is 5.73 Å². The van der Waals surface area contributed by atoms with Gasteiger partial charge in [0.25, 0.3) is 0 Å². The molecule has 1 heterocycles. The van der Waals surface area contributed by atoms with E-state index in [1.165, 1.54) is 6.42 Å². The van der Waals surface area contributed by atoms with Crippen molar-refractivity contribution in [1.82, 2.24) is 4.90 Å². The van der Waals surface area contributed by atoms with Gasteiger partial charge in [-0.25, -0.2) is 0 Å². The van der Waals surface area contributed by atoms with Crippen molar-refractivity contribution in [2.24, 2.45) is 11.7 Å². The van der Waals surface area contributed by atoms with Crippen LogP contribution in [0.1, 0.15) is 26.7 Å². The van der Waals surface area contributed by atoms with E-state index in [0.717, 1.165) is 25.1 Å². The third-order valence-corrected chi connectivity index (χ3v) is 3.42. The van der Waals surface area contributed by atoms with Gasteiger partial charge in [-0.05, 0) is 32.6 Å². The fourth-order valence-corrected chi connectivity index (χ4v) is 2.39. The lowest BCUT2D eigenvalue weighted by molar-refractivity contribution is -0.125. The number of nitrogens with zero attached hydrogens (tertiary/aromatic N) is 1. The highest BCUT2D eigenvalue weighted by Crippen LogP contribution is 2.42. The van der Waals surface area contributed by atoms with E-state index in [9.17, 15) is 4.79 Å². The zero-order valence-electron chi connectivity index (χ0n) is 8.92. The van der Waals surface area contributed by atoms with Crippen molar-refractivity contribution in [2.45, 2.75) is 32.2 Å². The molecule has 78 valence electrons. The molecule has 2 fully saturated rings. The van der Waals surface area contributed by atoms with Gasteiger partial charge in [-0.15, -0.1) is 0 Å². The number of hydrogen-bond donors (Lipinski definition) is 1. The summed E-state index contributed by atoms with van der Waals surface area (Å²) in [5.74, 6) is 0.682. The van der Waals surface area contributed by atoms with E-state index in [1.807, 2.05) is 18.7 Å². The van der Waals surface area contributed by atoms with Crippen LogP contribution in [0.15, 0.2) is 11.6 Å². The van der Waals surface area contributed by atoms with Gasteiger partial charge in [0.2, 0.25) is 5.91 Å². The van der Waals surface area contributed by atoms with E-state index >= 15 is 0 Å². The molecule has 0 radical (unpaired) electrons. The smallest absolute Gasteiger partial charge is 0.246 e. The largest absolute Gasteiger partial charge is 0.337 e. The molecule has 3 heteroatoms. The van der Waals surface area contributed by atoms with Crippen LogP contribution in [0, 0.1) is 5.92 Å². The summed E-state index contributed by atoms with van der Waals surface area (Å²) in [6.45, 7) is 5.50. The molecular formula is C11H18N2O. The van der Waals surface area contributed by atoms with Crippen LogP contribution in [0.5, 0.6) is 0 Å². The normalized spacial score (nSPS) is 34.8. The predicted octanol–water partition coefficient (Wildman–Crippen LogP) is 0.902. The van der Waals surface area contributed by atoms with Crippen molar-refractivity contribution in [2.75, 3.05) is 13.1 Å². The van der Waals surface area contributed by atoms with Crippen LogP contribution in [0.2, 0.25) is 0 Å². The molecule has 0 aromatic rings. The molecule has 1 amide bonds. The van der Waals surface area contributed by atoms with Crippen LogP contribution in [-0.4, -0.2) is 29.4 Å². The molecule has 1 saturated heterocycles. The van der Waals surface area contributed by atoms with Gasteiger partial charge >= 0.3 is 0 Å². The number of carbonyl (C=O) groups is 1. The summed E-state index contributed by atoms with van der Waals surface area (Å²) in [4.78, 5) is 13.6. The van der Waals surface area contributed by atoms with Crippen molar-refractivity contribution in [1.29, 1.82) is 0 Å². The third-order valence-electron chi connectivity index (χ3n) is 3.42. The summed E-state index contributed by atoms with van der Waals surface area (Å²) in [7, 11) is 0. The van der Waals surface area contributed by atoms with Crippen molar-refractivity contribution < 1.29 is 4.79 Å². The maximum atomic E-state index is 11.7. The van der Waals surface area contributed by atoms with Crippen LogP contribution >= 0.6 is 0 Å². The molecule has 1 saturated carbocycles. The first-order valence-corrected chi connectivity index (χ1v) is 5.24. The quantitative estimate of drug-likeness (QED) is 0.630. The van der Waals surface area contributed by atoms with Gasteiger partial charge in [0.1, 0.15) is 0 Å². The number of rotatable bonds is 1. The lowest BCUT2D eigenvalue weighted by atomic mass is 9.70. The van der Waals surface area contributed by atoms with Gasteiger partial charge in [-0.3, -0.25) is 4.79 Å². The first-order chi connectivity index (χ1) is 6.51. The fraction of sp³-hybridized carbons (Fsp3) is 0.727. The number of fused-ring (bicyclic) bond motifs is 1. The lowest BCUT2D eigenvalue weighted by Gasteiger charge is -2.39. The minimum atomic E-state index is -0.0505. The van der Waals surface area contributed by atoms with E-state index in [2.05, 4.69) is 0 Å². The first-order valence-electron chi connectivity index (χ1n) is 5.24. The Kier molecular flexibility index (Phi) is 2.14. The van der Waals surface area contributed by atoms with Gasteiger partial charge in [0.15, 0.2) is 0 Å². The highest BCUT2D eigenvalue weighted by molar-refractivity contribution is 5.88. The van der Waals surface area contributed by atoms with Gasteiger partial charge in [-0.1, -0.05) is 5.57 Å². The summed E-state index contributed by atoms with van der Waals surface area (Å²) in [5, 5.41) is 0. The van der Waals surface area contributed by atoms with Gasteiger partial charge < -0.3 is 10.6 Å². The lowest BCUT2D eigenvalue weighted by Crippen LogP contribution is -2.54. The molecule has 0 aromatic carbocycles. The monoisotopic (exact) mass is 194 g/mol. The maximum Gasteiger partial charge on any atom is 0.246 e. The van der Waals surface area contributed by atoms with Crippen LogP contribution in [0.4, 0.5) is 0 Å². The summed E-state index contributed by atoms with van der Waals surface area (Å²) in [6.07, 6.45) is 3.97. The molecule has 2 N–H and O–H groups in total. The number of carbonyl (C=O) groups excluding carboxylic acids is 1. The Morgan fingerprint density at radius 1 is 1.57 bits per heavy atom. The molecule has 3 nitrogen and oxygen atoms in total. The Hall–Kier alpha value is -0.830. The second-order valence-electron chi connectivity index (χ2n) is 4.91. The van der Waals surface area contributed by atoms with Crippen molar-refractivity contribution in [3.8, 4) is 0 Å².